The van der Waals surface area contributed by atoms with Gasteiger partial charge in [-0.2, -0.15) is 0 Å². The largest absolute Gasteiger partial charge is 0.493 e. The highest BCUT2D eigenvalue weighted by Crippen LogP contribution is 2.41. The Morgan fingerprint density at radius 3 is 2.04 bits per heavy atom. The van der Waals surface area contributed by atoms with Crippen molar-refractivity contribution in [2.24, 2.45) is 5.73 Å². The lowest BCUT2D eigenvalue weighted by Gasteiger charge is -2.40. The van der Waals surface area contributed by atoms with E-state index in [4.69, 9.17) is 24.9 Å². The Bertz CT molecular complexity index is 2050. The molecule has 0 radical (unpaired) electrons. The number of pyridine rings is 1. The maximum atomic E-state index is 13.6. The maximum Gasteiger partial charge on any atom is 0.253 e. The number of nitrogens with zero attached hydrogens (tertiary/aromatic N) is 4. The highest BCUT2D eigenvalue weighted by molar-refractivity contribution is 6.03. The molecule has 3 amide bonds. The van der Waals surface area contributed by atoms with Crippen LogP contribution in [0.5, 0.6) is 17.2 Å². The molecule has 3 fully saturated rings. The number of ether oxygens (including phenoxy) is 3. The number of piperidine rings is 1. The first-order valence-electron chi connectivity index (χ1n) is 19.5. The Kier molecular flexibility index (Phi) is 11.7. The van der Waals surface area contributed by atoms with Gasteiger partial charge in [-0.3, -0.25) is 14.4 Å². The molecule has 3 saturated heterocycles. The standard InChI is InChI=1S/C43H52N8O6/c1-26(27-6-10-32(11-7-27)50-18-16-49(2)17-19-50)46-43(54)29-9-15-39(45-25-29)51-33-12-13-34(51)22-30(21-33)48-42(53)28-8-14-35(41(44)52)36(20-28)47-31-23-37(55-3)40(57-5)38(24-31)56-4/h6-11,14-15,20,23-26,30,33-34,47H,12-13,16-19,21-22H2,1-5H3,(H2,44,52)(H,46,54)(H,48,53)/t26-,30?,33?,34?/m0/s1. The number of likely N-dealkylation sites (N-methyl/N-ethyl adjacent to an activating group) is 1. The summed E-state index contributed by atoms with van der Waals surface area (Å²) in [6.45, 7) is 6.12. The summed E-state index contributed by atoms with van der Waals surface area (Å²) in [6.07, 6.45) is 5.14. The zero-order valence-electron chi connectivity index (χ0n) is 33.2. The van der Waals surface area contributed by atoms with E-state index in [1.165, 1.54) is 27.0 Å². The van der Waals surface area contributed by atoms with Crippen LogP contribution in [0.15, 0.2) is 72.9 Å². The molecule has 57 heavy (non-hydrogen) atoms. The third-order valence-corrected chi connectivity index (χ3v) is 11.4. The van der Waals surface area contributed by atoms with E-state index in [2.05, 4.69) is 62.0 Å². The molecule has 0 spiro atoms. The zero-order chi connectivity index (χ0) is 40.2. The Hall–Kier alpha value is -6.02. The van der Waals surface area contributed by atoms with E-state index >= 15 is 0 Å². The first kappa shape index (κ1) is 39.2. The van der Waals surface area contributed by atoms with E-state index in [0.29, 0.717) is 39.8 Å². The summed E-state index contributed by atoms with van der Waals surface area (Å²) in [6, 6.07) is 20.6. The van der Waals surface area contributed by atoms with Crippen molar-refractivity contribution in [2.75, 3.05) is 69.7 Å². The molecule has 3 aliphatic heterocycles. The Morgan fingerprint density at radius 2 is 1.46 bits per heavy atom. The van der Waals surface area contributed by atoms with Crippen molar-refractivity contribution in [1.82, 2.24) is 20.5 Å². The van der Waals surface area contributed by atoms with Crippen molar-refractivity contribution in [3.05, 3.63) is 95.2 Å². The fourth-order valence-electron chi connectivity index (χ4n) is 8.33. The summed E-state index contributed by atoms with van der Waals surface area (Å²) in [5.41, 5.74) is 10.0. The second kappa shape index (κ2) is 17.0. The number of fused-ring (bicyclic) bond motifs is 2. The van der Waals surface area contributed by atoms with E-state index in [1.807, 2.05) is 19.1 Å². The lowest BCUT2D eigenvalue weighted by Crippen LogP contribution is -2.50. The summed E-state index contributed by atoms with van der Waals surface area (Å²) in [5.74, 6) is 1.06. The molecule has 4 aromatic rings. The number of amides is 3. The van der Waals surface area contributed by atoms with Gasteiger partial charge in [0.05, 0.1) is 44.2 Å². The molecule has 5 N–H and O–H groups in total. The Balaban J connectivity index is 0.960. The fraction of sp³-hybridized carbons (Fsp3) is 0.395. The van der Waals surface area contributed by atoms with Crippen LogP contribution < -0.4 is 45.7 Å². The summed E-state index contributed by atoms with van der Waals surface area (Å²) < 4.78 is 16.4. The van der Waals surface area contributed by atoms with Gasteiger partial charge < -0.3 is 50.6 Å². The minimum Gasteiger partial charge on any atom is -0.493 e. The maximum absolute atomic E-state index is 13.6. The molecule has 300 valence electrons. The van der Waals surface area contributed by atoms with Crippen LogP contribution in [-0.2, 0) is 0 Å². The van der Waals surface area contributed by atoms with Crippen LogP contribution in [-0.4, -0.2) is 100 Å². The van der Waals surface area contributed by atoms with Gasteiger partial charge >= 0.3 is 0 Å². The number of aromatic nitrogens is 1. The van der Waals surface area contributed by atoms with Gasteiger partial charge in [-0.25, -0.2) is 4.98 Å². The molecule has 0 aliphatic carbocycles. The number of methoxy groups -OCH3 is 3. The van der Waals surface area contributed by atoms with E-state index in [0.717, 1.165) is 63.2 Å². The molecule has 4 heterocycles. The molecule has 14 nitrogen and oxygen atoms in total. The van der Waals surface area contributed by atoms with E-state index in [-0.39, 0.29) is 41.5 Å². The number of piperazine rings is 1. The number of hydrogen-bond acceptors (Lipinski definition) is 11. The van der Waals surface area contributed by atoms with Gasteiger partial charge in [-0.1, -0.05) is 12.1 Å². The topological polar surface area (TPSA) is 164 Å². The summed E-state index contributed by atoms with van der Waals surface area (Å²) in [5, 5.41) is 9.56. The zero-order valence-corrected chi connectivity index (χ0v) is 33.2. The number of benzene rings is 3. The summed E-state index contributed by atoms with van der Waals surface area (Å²) in [4.78, 5) is 51.1. The van der Waals surface area contributed by atoms with Gasteiger partial charge in [-0.15, -0.1) is 0 Å². The average Bonchev–Trinajstić information content (AvgIpc) is 3.49. The minimum atomic E-state index is -0.639. The number of carbonyl (C=O) groups excluding carboxylic acids is 3. The van der Waals surface area contributed by atoms with Crippen LogP contribution in [0.4, 0.5) is 22.9 Å². The van der Waals surface area contributed by atoms with Gasteiger partial charge in [0.1, 0.15) is 5.82 Å². The van der Waals surface area contributed by atoms with Gasteiger partial charge in [0.15, 0.2) is 11.5 Å². The fourth-order valence-corrected chi connectivity index (χ4v) is 8.33. The molecule has 14 heteroatoms. The van der Waals surface area contributed by atoms with Crippen LogP contribution in [0.1, 0.15) is 75.3 Å². The highest BCUT2D eigenvalue weighted by Gasteiger charge is 2.42. The number of nitrogens with two attached hydrogens (primary N) is 1. The van der Waals surface area contributed by atoms with Crippen LogP contribution in [0.25, 0.3) is 0 Å². The summed E-state index contributed by atoms with van der Waals surface area (Å²) in [7, 11) is 6.70. The second-order valence-electron chi connectivity index (χ2n) is 15.1. The van der Waals surface area contributed by atoms with Crippen molar-refractivity contribution in [3.8, 4) is 17.2 Å². The third-order valence-electron chi connectivity index (χ3n) is 11.4. The number of anilines is 4. The smallest absolute Gasteiger partial charge is 0.253 e. The molecule has 2 unspecified atom stereocenters. The molecular weight excluding hydrogens is 725 g/mol. The van der Waals surface area contributed by atoms with E-state index in [1.54, 1.807) is 36.5 Å². The normalized spacial score (nSPS) is 19.7. The lowest BCUT2D eigenvalue weighted by molar-refractivity contribution is 0.0922. The van der Waals surface area contributed by atoms with Crippen LogP contribution in [0.2, 0.25) is 0 Å². The van der Waals surface area contributed by atoms with Gasteiger partial charge in [0.2, 0.25) is 5.75 Å². The monoisotopic (exact) mass is 776 g/mol. The second-order valence-corrected chi connectivity index (χ2v) is 15.1. The number of rotatable bonds is 13. The van der Waals surface area contributed by atoms with Gasteiger partial charge in [0.25, 0.3) is 17.7 Å². The van der Waals surface area contributed by atoms with Crippen LogP contribution in [0, 0.1) is 0 Å². The van der Waals surface area contributed by atoms with E-state index in [9.17, 15) is 14.4 Å². The van der Waals surface area contributed by atoms with Crippen molar-refractivity contribution in [2.45, 2.75) is 56.8 Å². The third kappa shape index (κ3) is 8.55. The van der Waals surface area contributed by atoms with Crippen molar-refractivity contribution < 1.29 is 28.6 Å². The van der Waals surface area contributed by atoms with E-state index < -0.39 is 5.91 Å². The first-order valence-corrected chi connectivity index (χ1v) is 19.5. The van der Waals surface area contributed by atoms with Gasteiger partial charge in [-0.05, 0) is 87.7 Å². The summed E-state index contributed by atoms with van der Waals surface area (Å²) >= 11 is 0. The molecule has 2 bridgehead atoms. The van der Waals surface area contributed by atoms with Crippen molar-refractivity contribution in [1.29, 1.82) is 0 Å². The SMILES string of the molecule is COc1cc(Nc2cc(C(=O)NC3CC4CCC(C3)N4c3ccc(C(=O)N[C@@H](C)c4ccc(N5CCN(C)CC5)cc4)cn3)ccc2C(N)=O)cc(OC)c1OC. The highest BCUT2D eigenvalue weighted by atomic mass is 16.5. The van der Waals surface area contributed by atoms with Crippen molar-refractivity contribution in [3.63, 3.8) is 0 Å². The van der Waals surface area contributed by atoms with Crippen molar-refractivity contribution >= 4 is 40.6 Å². The van der Waals surface area contributed by atoms with Crippen LogP contribution >= 0.6 is 0 Å². The predicted octanol–water partition coefficient (Wildman–Crippen LogP) is 5.12. The number of nitrogens with one attached hydrogen (secondary N) is 3. The van der Waals surface area contributed by atoms with Crippen LogP contribution in [0.3, 0.4) is 0 Å². The Morgan fingerprint density at radius 1 is 0.807 bits per heavy atom. The number of primary amides is 1. The molecule has 3 aromatic carbocycles. The quantitative estimate of drug-likeness (QED) is 0.143. The average molecular weight is 777 g/mol. The van der Waals surface area contributed by atoms with Gasteiger partial charge in [0, 0.05) is 79.6 Å². The molecular formula is C43H52N8O6. The first-order chi connectivity index (χ1) is 27.5. The molecule has 7 rings (SSSR count). The lowest BCUT2D eigenvalue weighted by atomic mass is 9.96. The number of hydrogen-bond donors (Lipinski definition) is 4. The molecule has 1 aromatic heterocycles. The number of carbonyl (C=O) groups is 3. The minimum absolute atomic E-state index is 0.0456. The molecule has 3 atom stereocenters. The predicted molar refractivity (Wildman–Crippen MR) is 220 cm³/mol. The Labute approximate surface area is 333 Å². The molecule has 3 aliphatic rings. The molecule has 0 saturated carbocycles.